The molecule has 0 spiro atoms. The van der Waals surface area contributed by atoms with Crippen molar-refractivity contribution in [3.05, 3.63) is 23.8 Å². The maximum atomic E-state index is 12.2. The van der Waals surface area contributed by atoms with Crippen LogP contribution in [-0.4, -0.2) is 45.2 Å². The van der Waals surface area contributed by atoms with Crippen LogP contribution >= 0.6 is 0 Å². The molecule has 5 nitrogen and oxygen atoms in total. The number of carbonyl (C=O) groups is 2. The topological polar surface area (TPSA) is 94.8 Å². The Morgan fingerprint density at radius 3 is 2.71 bits per heavy atom. The Labute approximate surface area is 166 Å². The molecular formula is C23H32O5. The molecule has 0 bridgehead atoms. The molecule has 0 amide bonds. The highest BCUT2D eigenvalue weighted by atomic mass is 16.3. The van der Waals surface area contributed by atoms with Gasteiger partial charge in [-0.05, 0) is 67.4 Å². The molecule has 4 aliphatic rings. The lowest BCUT2D eigenvalue weighted by Gasteiger charge is -2.63. The molecular weight excluding hydrogens is 356 g/mol. The van der Waals surface area contributed by atoms with Crippen LogP contribution in [0, 0.1) is 34.5 Å². The van der Waals surface area contributed by atoms with E-state index in [-0.39, 0.29) is 34.4 Å². The van der Waals surface area contributed by atoms with Gasteiger partial charge in [0.2, 0.25) is 0 Å². The summed E-state index contributed by atoms with van der Waals surface area (Å²) in [6.07, 6.45) is 7.67. The number of ketones is 2. The minimum atomic E-state index is -1.49. The maximum Gasteiger partial charge on any atom is 0.189 e. The van der Waals surface area contributed by atoms with E-state index in [1.807, 2.05) is 6.08 Å². The second-order valence-corrected chi connectivity index (χ2v) is 10.3. The zero-order chi connectivity index (χ0) is 20.5. The SMILES string of the molecule is C[C@@H]1C[C@@H]2[C@H]([C@@H](O)C[C@]3(C)C[C@](O)(C(=O)CO)CC[C@@H]23)[C@@]2(C)C=CC(=O)C=C12. The second-order valence-electron chi connectivity index (χ2n) is 10.3. The van der Waals surface area contributed by atoms with Crippen LogP contribution in [-0.2, 0) is 9.59 Å². The Hall–Kier alpha value is -1.30. The van der Waals surface area contributed by atoms with Gasteiger partial charge in [-0.2, -0.15) is 0 Å². The van der Waals surface area contributed by atoms with Gasteiger partial charge < -0.3 is 15.3 Å². The average Bonchev–Trinajstić information content (AvgIpc) is 2.61. The number of Topliss-reactive ketones (excluding diaryl/α,β-unsaturated/α-hetero) is 1. The molecule has 0 heterocycles. The van der Waals surface area contributed by atoms with Gasteiger partial charge in [0, 0.05) is 11.3 Å². The molecule has 0 aliphatic heterocycles. The molecule has 0 radical (unpaired) electrons. The van der Waals surface area contributed by atoms with Crippen molar-refractivity contribution < 1.29 is 24.9 Å². The molecule has 0 unspecified atom stereocenters. The van der Waals surface area contributed by atoms with E-state index in [9.17, 15) is 24.9 Å². The molecule has 8 atom stereocenters. The first-order valence-electron chi connectivity index (χ1n) is 10.5. The van der Waals surface area contributed by atoms with E-state index in [0.29, 0.717) is 25.2 Å². The molecule has 3 saturated carbocycles. The van der Waals surface area contributed by atoms with E-state index >= 15 is 0 Å². The summed E-state index contributed by atoms with van der Waals surface area (Å²) in [5.41, 5.74) is -1.03. The fourth-order valence-corrected chi connectivity index (χ4v) is 7.49. The molecule has 154 valence electrons. The van der Waals surface area contributed by atoms with Crippen molar-refractivity contribution in [3.63, 3.8) is 0 Å². The summed E-state index contributed by atoms with van der Waals surface area (Å²) in [6, 6.07) is 0. The van der Waals surface area contributed by atoms with Crippen molar-refractivity contribution in [2.24, 2.45) is 34.5 Å². The van der Waals surface area contributed by atoms with E-state index in [1.54, 1.807) is 12.2 Å². The van der Waals surface area contributed by atoms with E-state index in [4.69, 9.17) is 0 Å². The minimum absolute atomic E-state index is 0.0261. The van der Waals surface area contributed by atoms with Crippen molar-refractivity contribution in [1.29, 1.82) is 0 Å². The Morgan fingerprint density at radius 2 is 2.04 bits per heavy atom. The Balaban J connectivity index is 1.71. The van der Waals surface area contributed by atoms with Gasteiger partial charge in [0.05, 0.1) is 6.10 Å². The molecule has 0 saturated heterocycles. The number of carbonyl (C=O) groups excluding carboxylic acids is 2. The van der Waals surface area contributed by atoms with Gasteiger partial charge in [-0.15, -0.1) is 0 Å². The summed E-state index contributed by atoms with van der Waals surface area (Å²) < 4.78 is 0. The Kier molecular flexibility index (Phi) is 4.53. The number of hydrogen-bond donors (Lipinski definition) is 3. The zero-order valence-corrected chi connectivity index (χ0v) is 17.0. The molecule has 0 aromatic heterocycles. The van der Waals surface area contributed by atoms with Crippen LogP contribution in [0.5, 0.6) is 0 Å². The summed E-state index contributed by atoms with van der Waals surface area (Å²) in [5.74, 6) is 0.397. The predicted molar refractivity (Wildman–Crippen MR) is 104 cm³/mol. The molecule has 0 aromatic carbocycles. The molecule has 0 aromatic rings. The van der Waals surface area contributed by atoms with Crippen LogP contribution < -0.4 is 0 Å². The highest BCUT2D eigenvalue weighted by Gasteiger charge is 2.62. The molecule has 5 heteroatoms. The lowest BCUT2D eigenvalue weighted by Crippen LogP contribution is -2.61. The van der Waals surface area contributed by atoms with Gasteiger partial charge in [-0.1, -0.05) is 32.4 Å². The third-order valence-electron chi connectivity index (χ3n) is 8.55. The molecule has 3 fully saturated rings. The highest BCUT2D eigenvalue weighted by Crippen LogP contribution is 2.65. The van der Waals surface area contributed by atoms with Crippen LogP contribution in [0.2, 0.25) is 0 Å². The average molecular weight is 389 g/mol. The maximum absolute atomic E-state index is 12.2. The largest absolute Gasteiger partial charge is 0.393 e. The summed E-state index contributed by atoms with van der Waals surface area (Å²) in [4.78, 5) is 24.2. The van der Waals surface area contributed by atoms with Gasteiger partial charge >= 0.3 is 0 Å². The standard InChI is InChI=1S/C23H32O5/c1-13-8-15-16-5-7-23(28,19(27)11-24)12-21(16,2)10-18(26)20(15)22(3)6-4-14(25)9-17(13)22/h4,6,9,13,15-16,18,20,24,26,28H,5,7-8,10-12H2,1-3H3/t13-,15+,16+,18+,20-,21-,22+,23+/m1/s1. The van der Waals surface area contributed by atoms with E-state index in [2.05, 4.69) is 20.8 Å². The first-order chi connectivity index (χ1) is 13.0. The first kappa shape index (κ1) is 20.0. The minimum Gasteiger partial charge on any atom is -0.393 e. The van der Waals surface area contributed by atoms with Gasteiger partial charge in [0.1, 0.15) is 12.2 Å². The number of aliphatic hydroxyl groups is 3. The molecule has 4 aliphatic carbocycles. The number of fused-ring (bicyclic) bond motifs is 5. The van der Waals surface area contributed by atoms with Gasteiger partial charge in [0.25, 0.3) is 0 Å². The molecule has 3 N–H and O–H groups in total. The smallest absolute Gasteiger partial charge is 0.189 e. The van der Waals surface area contributed by atoms with E-state index < -0.39 is 24.1 Å². The van der Waals surface area contributed by atoms with Crippen LogP contribution in [0.25, 0.3) is 0 Å². The molecule has 28 heavy (non-hydrogen) atoms. The van der Waals surface area contributed by atoms with Gasteiger partial charge in [0.15, 0.2) is 11.6 Å². The van der Waals surface area contributed by atoms with Crippen LogP contribution in [0.3, 0.4) is 0 Å². The summed E-state index contributed by atoms with van der Waals surface area (Å²) in [7, 11) is 0. The fraction of sp³-hybridized carbons (Fsp3) is 0.739. The normalized spacial score (nSPS) is 50.3. The van der Waals surface area contributed by atoms with Crippen molar-refractivity contribution in [3.8, 4) is 0 Å². The number of allylic oxidation sites excluding steroid dienone is 4. The summed E-state index contributed by atoms with van der Waals surface area (Å²) >= 11 is 0. The summed E-state index contributed by atoms with van der Waals surface area (Å²) in [5, 5.41) is 31.5. The molecule has 4 rings (SSSR count). The third kappa shape index (κ3) is 2.70. The van der Waals surface area contributed by atoms with Gasteiger partial charge in [-0.25, -0.2) is 0 Å². The number of hydrogen-bond acceptors (Lipinski definition) is 5. The first-order valence-corrected chi connectivity index (χ1v) is 10.5. The number of rotatable bonds is 2. The van der Waals surface area contributed by atoms with Gasteiger partial charge in [-0.3, -0.25) is 9.59 Å². The predicted octanol–water partition coefficient (Wildman–Crippen LogP) is 2.19. The second kappa shape index (κ2) is 6.35. The van der Waals surface area contributed by atoms with Crippen molar-refractivity contribution >= 4 is 11.6 Å². The van der Waals surface area contributed by atoms with E-state index in [0.717, 1.165) is 18.4 Å². The van der Waals surface area contributed by atoms with Crippen molar-refractivity contribution in [1.82, 2.24) is 0 Å². The quantitative estimate of drug-likeness (QED) is 0.674. The van der Waals surface area contributed by atoms with Crippen LogP contribution in [0.15, 0.2) is 23.8 Å². The summed E-state index contributed by atoms with van der Waals surface area (Å²) in [6.45, 7) is 5.76. The number of aliphatic hydroxyl groups excluding tert-OH is 2. The Bertz CT molecular complexity index is 769. The van der Waals surface area contributed by atoms with E-state index in [1.165, 1.54) is 0 Å². The highest BCUT2D eigenvalue weighted by molar-refractivity contribution is 6.01. The van der Waals surface area contributed by atoms with Crippen LogP contribution in [0.4, 0.5) is 0 Å². The zero-order valence-electron chi connectivity index (χ0n) is 17.0. The monoisotopic (exact) mass is 388 g/mol. The lowest BCUT2D eigenvalue weighted by atomic mass is 9.42. The van der Waals surface area contributed by atoms with Crippen molar-refractivity contribution in [2.45, 2.75) is 64.6 Å². The van der Waals surface area contributed by atoms with Crippen LogP contribution in [0.1, 0.15) is 52.9 Å². The fourth-order valence-electron chi connectivity index (χ4n) is 7.49. The lowest BCUT2D eigenvalue weighted by molar-refractivity contribution is -0.180. The third-order valence-corrected chi connectivity index (χ3v) is 8.55. The Morgan fingerprint density at radius 1 is 1.32 bits per heavy atom. The van der Waals surface area contributed by atoms with Crippen molar-refractivity contribution in [2.75, 3.05) is 6.61 Å².